The van der Waals surface area contributed by atoms with E-state index in [9.17, 15) is 0 Å². The normalized spacial score (nSPS) is 15.0. The first kappa shape index (κ1) is 33.0. The number of pyridine rings is 1. The third kappa shape index (κ3) is 5.26. The van der Waals surface area contributed by atoms with Gasteiger partial charge in [-0.15, -0.1) is 0 Å². The number of rotatable bonds is 7. The third-order valence-corrected chi connectivity index (χ3v) is 13.0. The lowest BCUT2D eigenvalue weighted by Gasteiger charge is -2.35. The molecule has 4 nitrogen and oxygen atoms in total. The molecule has 3 heterocycles. The lowest BCUT2D eigenvalue weighted by molar-refractivity contribution is 0.768. The van der Waals surface area contributed by atoms with Gasteiger partial charge in [0.05, 0.1) is 34.5 Å². The van der Waals surface area contributed by atoms with Gasteiger partial charge in [-0.05, 0) is 116 Å². The SMILES string of the molecule is [2H]C([2H])([2H])N1CN(c2cccc(C3(c4ccc5c6ccccc6n(-c6cc(-c7c(C(C)C)cccc7C(C)C)ccn6)c5c4)c4ccccc4-c4ccccc43)c2)c2ccccc21. The first-order chi connectivity index (χ1) is 30.6. The van der Waals surface area contributed by atoms with Crippen LogP contribution in [0.25, 0.3) is 49.9 Å². The maximum atomic E-state index is 8.42. The molecule has 11 rings (SSSR count). The first-order valence-electron chi connectivity index (χ1n) is 22.6. The molecule has 2 aromatic heterocycles. The highest BCUT2D eigenvalue weighted by molar-refractivity contribution is 6.09. The molecule has 1 aliphatic heterocycles. The second kappa shape index (κ2) is 13.8. The van der Waals surface area contributed by atoms with Crippen molar-refractivity contribution in [1.29, 1.82) is 0 Å². The number of fused-ring (bicyclic) bond motifs is 7. The number of para-hydroxylation sites is 3. The molecular formula is C56H48N4. The minimum Gasteiger partial charge on any atom is -0.355 e. The summed E-state index contributed by atoms with van der Waals surface area (Å²) >= 11 is 0. The van der Waals surface area contributed by atoms with Crippen molar-refractivity contribution in [2.75, 3.05) is 23.4 Å². The van der Waals surface area contributed by atoms with E-state index in [1.807, 2.05) is 30.5 Å². The van der Waals surface area contributed by atoms with E-state index in [4.69, 9.17) is 9.10 Å². The fourth-order valence-corrected chi connectivity index (χ4v) is 10.4. The number of hydrogen-bond donors (Lipinski definition) is 0. The van der Waals surface area contributed by atoms with E-state index in [-0.39, 0.29) is 6.67 Å². The first-order valence-corrected chi connectivity index (χ1v) is 21.1. The minimum atomic E-state index is -2.29. The average molecular weight is 780 g/mol. The molecule has 0 unspecified atom stereocenters. The molecule has 292 valence electrons. The maximum Gasteiger partial charge on any atom is 0.138 e. The van der Waals surface area contributed by atoms with Crippen LogP contribution in [0.2, 0.25) is 0 Å². The Kier molecular flexibility index (Phi) is 7.61. The van der Waals surface area contributed by atoms with E-state index >= 15 is 0 Å². The Morgan fingerprint density at radius 3 is 1.93 bits per heavy atom. The van der Waals surface area contributed by atoms with Crippen molar-refractivity contribution in [3.05, 3.63) is 209 Å². The number of hydrogen-bond acceptors (Lipinski definition) is 3. The molecule has 0 N–H and O–H groups in total. The summed E-state index contributed by atoms with van der Waals surface area (Å²) < 4.78 is 27.6. The molecule has 0 radical (unpaired) electrons. The Hall–Kier alpha value is -6.91. The van der Waals surface area contributed by atoms with Crippen LogP contribution in [0.4, 0.5) is 17.1 Å². The Balaban J connectivity index is 1.17. The second-order valence-corrected chi connectivity index (χ2v) is 17.0. The molecule has 0 saturated carbocycles. The smallest absolute Gasteiger partial charge is 0.138 e. The lowest BCUT2D eigenvalue weighted by Crippen LogP contribution is -2.29. The molecule has 60 heavy (non-hydrogen) atoms. The van der Waals surface area contributed by atoms with Crippen molar-refractivity contribution >= 4 is 38.9 Å². The molecule has 7 aromatic carbocycles. The van der Waals surface area contributed by atoms with Gasteiger partial charge in [0.15, 0.2) is 0 Å². The molecule has 2 aliphatic rings. The summed E-state index contributed by atoms with van der Waals surface area (Å²) in [6.07, 6.45) is 1.97. The van der Waals surface area contributed by atoms with Gasteiger partial charge in [0.25, 0.3) is 0 Å². The van der Waals surface area contributed by atoms with Gasteiger partial charge in [0.1, 0.15) is 5.82 Å². The summed E-state index contributed by atoms with van der Waals surface area (Å²) in [4.78, 5) is 8.79. The molecule has 0 spiro atoms. The minimum absolute atomic E-state index is 0.220. The zero-order chi connectivity index (χ0) is 43.2. The summed E-state index contributed by atoms with van der Waals surface area (Å²) in [5.41, 5.74) is 16.2. The molecule has 9 aromatic rings. The van der Waals surface area contributed by atoms with Crippen LogP contribution in [0, 0.1) is 0 Å². The van der Waals surface area contributed by atoms with Crippen LogP contribution < -0.4 is 9.80 Å². The Morgan fingerprint density at radius 2 is 1.20 bits per heavy atom. The van der Waals surface area contributed by atoms with Crippen LogP contribution in [0.1, 0.15) is 77.0 Å². The predicted molar refractivity (Wildman–Crippen MR) is 251 cm³/mol. The third-order valence-electron chi connectivity index (χ3n) is 13.0. The van der Waals surface area contributed by atoms with Crippen LogP contribution in [0.15, 0.2) is 176 Å². The highest BCUT2D eigenvalue weighted by Crippen LogP contribution is 2.57. The van der Waals surface area contributed by atoms with Gasteiger partial charge < -0.3 is 9.80 Å². The largest absolute Gasteiger partial charge is 0.355 e. The van der Waals surface area contributed by atoms with Crippen LogP contribution >= 0.6 is 0 Å². The summed E-state index contributed by atoms with van der Waals surface area (Å²) in [5.74, 6) is 1.59. The van der Waals surface area contributed by atoms with Gasteiger partial charge in [-0.1, -0.05) is 149 Å². The number of aromatic nitrogens is 2. The zero-order valence-corrected chi connectivity index (χ0v) is 34.4. The van der Waals surface area contributed by atoms with E-state index in [1.54, 1.807) is 0 Å². The van der Waals surface area contributed by atoms with Crippen molar-refractivity contribution in [1.82, 2.24) is 9.55 Å². The van der Waals surface area contributed by atoms with Gasteiger partial charge in [-0.3, -0.25) is 4.57 Å². The Labute approximate surface area is 357 Å². The van der Waals surface area contributed by atoms with Crippen LogP contribution in [0.3, 0.4) is 0 Å². The van der Waals surface area contributed by atoms with Crippen LogP contribution in [0.5, 0.6) is 0 Å². The van der Waals surface area contributed by atoms with Crippen molar-refractivity contribution in [3.63, 3.8) is 0 Å². The highest BCUT2D eigenvalue weighted by Gasteiger charge is 2.46. The average Bonchev–Trinajstić information content (AvgIpc) is 3.96. The predicted octanol–water partition coefficient (Wildman–Crippen LogP) is 14.0. The lowest BCUT2D eigenvalue weighted by atomic mass is 9.67. The van der Waals surface area contributed by atoms with Gasteiger partial charge in [-0.25, -0.2) is 4.98 Å². The van der Waals surface area contributed by atoms with Crippen LogP contribution in [-0.4, -0.2) is 23.2 Å². The standard InChI is InChI=1S/C56H48N4/c1-36(2)42-21-15-22-43(37(3)4)55(42)38-30-31-57-54(32-38)60-50-25-11-8-20-46(50)47-29-28-40(34-53(47)60)56(48-23-9-6-18-44(48)45-19-7-10-24-49(45)56)39-16-14-17-41(33-39)59-35-58(5)51-26-12-13-27-52(51)59/h6-34,36-37H,35H2,1-5H3/i5D3. The number of benzene rings is 7. The molecule has 1 aliphatic carbocycles. The van der Waals surface area contributed by atoms with Gasteiger partial charge in [0, 0.05) is 33.7 Å². The quantitative estimate of drug-likeness (QED) is 0.161. The van der Waals surface area contributed by atoms with Gasteiger partial charge in [-0.2, -0.15) is 0 Å². The van der Waals surface area contributed by atoms with Crippen LogP contribution in [-0.2, 0) is 5.41 Å². The number of nitrogens with zero attached hydrogens (tertiary/aromatic N) is 4. The molecule has 0 amide bonds. The Morgan fingerprint density at radius 1 is 0.567 bits per heavy atom. The molecule has 4 heteroatoms. The topological polar surface area (TPSA) is 24.3 Å². The molecule has 0 atom stereocenters. The second-order valence-electron chi connectivity index (χ2n) is 17.0. The molecule has 0 saturated heterocycles. The maximum absolute atomic E-state index is 8.42. The fraction of sp³-hybridized carbons (Fsp3) is 0.161. The molecular weight excluding hydrogens is 729 g/mol. The van der Waals surface area contributed by atoms with Gasteiger partial charge >= 0.3 is 0 Å². The van der Waals surface area contributed by atoms with E-state index in [1.165, 1.54) is 54.8 Å². The monoisotopic (exact) mass is 779 g/mol. The molecule has 0 fully saturated rings. The zero-order valence-electron chi connectivity index (χ0n) is 37.4. The highest BCUT2D eigenvalue weighted by atomic mass is 15.4. The number of anilines is 3. The van der Waals surface area contributed by atoms with Crippen molar-refractivity contribution < 1.29 is 4.11 Å². The van der Waals surface area contributed by atoms with E-state index < -0.39 is 12.4 Å². The summed E-state index contributed by atoms with van der Waals surface area (Å²) in [5, 5.41) is 2.33. The Bertz CT molecular complexity index is 3180. The summed E-state index contributed by atoms with van der Waals surface area (Å²) in [6.45, 7) is 7.04. The van der Waals surface area contributed by atoms with Gasteiger partial charge in [0.2, 0.25) is 0 Å². The van der Waals surface area contributed by atoms with Crippen molar-refractivity contribution in [3.8, 4) is 28.1 Å². The van der Waals surface area contributed by atoms with Crippen molar-refractivity contribution in [2.45, 2.75) is 44.9 Å². The molecule has 0 bridgehead atoms. The van der Waals surface area contributed by atoms with E-state index in [0.717, 1.165) is 44.7 Å². The van der Waals surface area contributed by atoms with E-state index in [2.05, 4.69) is 183 Å². The summed E-state index contributed by atoms with van der Waals surface area (Å²) in [7, 11) is 0. The fourth-order valence-electron chi connectivity index (χ4n) is 10.4. The van der Waals surface area contributed by atoms with Crippen molar-refractivity contribution in [2.24, 2.45) is 0 Å². The summed E-state index contributed by atoms with van der Waals surface area (Å²) in [6, 6.07) is 61.1. The van der Waals surface area contributed by atoms with E-state index in [0.29, 0.717) is 17.5 Å².